The molecule has 0 radical (unpaired) electrons. The molecular formula is C22H25N3O2. The molecule has 140 valence electrons. The number of carbonyl (C=O) groups is 1. The largest absolute Gasteiger partial charge is 0.494 e. The average Bonchev–Trinajstić information content (AvgIpc) is 3.48. The standard InChI is InChI=1S/C22H25N3O2/c1-16(23-22(26)17-12-13-17)21-24-19-10-5-6-11-20(19)25(21)14-7-15-27-18-8-3-2-4-9-18/h2-6,8-11,16-17H,7,12-15H2,1H3,(H,23,26). The molecule has 0 spiro atoms. The van der Waals surface area contributed by atoms with Crippen LogP contribution in [0.15, 0.2) is 54.6 Å². The number of nitrogens with zero attached hydrogens (tertiary/aromatic N) is 2. The van der Waals surface area contributed by atoms with Gasteiger partial charge in [0.05, 0.1) is 23.7 Å². The molecule has 4 rings (SSSR count). The van der Waals surface area contributed by atoms with Crippen LogP contribution in [0.25, 0.3) is 11.0 Å². The predicted octanol–water partition coefficient (Wildman–Crippen LogP) is 4.09. The average molecular weight is 363 g/mol. The van der Waals surface area contributed by atoms with E-state index in [1.54, 1.807) is 0 Å². The fourth-order valence-corrected chi connectivity index (χ4v) is 3.33. The number of ether oxygens (including phenoxy) is 1. The molecule has 1 heterocycles. The second kappa shape index (κ2) is 7.82. The Morgan fingerprint density at radius 3 is 2.70 bits per heavy atom. The molecule has 1 aliphatic rings. The van der Waals surface area contributed by atoms with Crippen LogP contribution in [0.1, 0.15) is 38.1 Å². The zero-order chi connectivity index (χ0) is 18.6. The monoisotopic (exact) mass is 363 g/mol. The summed E-state index contributed by atoms with van der Waals surface area (Å²) in [5.41, 5.74) is 2.06. The van der Waals surface area contributed by atoms with Gasteiger partial charge >= 0.3 is 0 Å². The van der Waals surface area contributed by atoms with Gasteiger partial charge in [0.15, 0.2) is 0 Å². The molecule has 1 fully saturated rings. The van der Waals surface area contributed by atoms with Gasteiger partial charge in [0.2, 0.25) is 5.91 Å². The minimum absolute atomic E-state index is 0.111. The van der Waals surface area contributed by atoms with Gasteiger partial charge in [0.25, 0.3) is 0 Å². The number of rotatable bonds is 8. The summed E-state index contributed by atoms with van der Waals surface area (Å²) in [6, 6.07) is 17.9. The summed E-state index contributed by atoms with van der Waals surface area (Å²) in [4.78, 5) is 17.0. The molecule has 2 aromatic carbocycles. The van der Waals surface area contributed by atoms with E-state index in [1.807, 2.05) is 55.5 Å². The fraction of sp³-hybridized carbons (Fsp3) is 0.364. The molecule has 1 saturated carbocycles. The van der Waals surface area contributed by atoms with E-state index in [0.717, 1.165) is 48.4 Å². The van der Waals surface area contributed by atoms with Crippen LogP contribution in [0.3, 0.4) is 0 Å². The highest BCUT2D eigenvalue weighted by Crippen LogP contribution is 2.30. The van der Waals surface area contributed by atoms with E-state index in [0.29, 0.717) is 6.61 Å². The molecule has 1 N–H and O–H groups in total. The van der Waals surface area contributed by atoms with Crippen molar-refractivity contribution in [3.05, 3.63) is 60.4 Å². The molecule has 27 heavy (non-hydrogen) atoms. The molecule has 1 aromatic heterocycles. The van der Waals surface area contributed by atoms with Crippen molar-refractivity contribution in [2.24, 2.45) is 5.92 Å². The highest BCUT2D eigenvalue weighted by Gasteiger charge is 2.31. The quantitative estimate of drug-likeness (QED) is 0.613. The molecule has 5 nitrogen and oxygen atoms in total. The maximum atomic E-state index is 12.2. The topological polar surface area (TPSA) is 56.2 Å². The van der Waals surface area contributed by atoms with E-state index < -0.39 is 0 Å². The van der Waals surface area contributed by atoms with E-state index in [1.165, 1.54) is 0 Å². The van der Waals surface area contributed by atoms with Gasteiger partial charge in [-0.2, -0.15) is 0 Å². The van der Waals surface area contributed by atoms with Crippen LogP contribution < -0.4 is 10.1 Å². The van der Waals surface area contributed by atoms with Crippen molar-refractivity contribution in [2.45, 2.75) is 38.8 Å². The highest BCUT2D eigenvalue weighted by atomic mass is 16.5. The molecule has 0 saturated heterocycles. The molecule has 1 aliphatic carbocycles. The minimum Gasteiger partial charge on any atom is -0.494 e. The van der Waals surface area contributed by atoms with Gasteiger partial charge in [-0.15, -0.1) is 0 Å². The van der Waals surface area contributed by atoms with Crippen molar-refractivity contribution >= 4 is 16.9 Å². The van der Waals surface area contributed by atoms with Crippen molar-refractivity contribution in [1.82, 2.24) is 14.9 Å². The van der Waals surface area contributed by atoms with Gasteiger partial charge in [-0.3, -0.25) is 4.79 Å². The summed E-state index contributed by atoms with van der Waals surface area (Å²) in [6.07, 6.45) is 2.88. The lowest BCUT2D eigenvalue weighted by atomic mass is 10.2. The predicted molar refractivity (Wildman–Crippen MR) is 106 cm³/mol. The minimum atomic E-state index is -0.111. The highest BCUT2D eigenvalue weighted by molar-refractivity contribution is 5.81. The smallest absolute Gasteiger partial charge is 0.223 e. The Hall–Kier alpha value is -2.82. The number of para-hydroxylation sites is 3. The third-order valence-electron chi connectivity index (χ3n) is 4.92. The Labute approximate surface area is 159 Å². The third-order valence-corrected chi connectivity index (χ3v) is 4.92. The van der Waals surface area contributed by atoms with Gasteiger partial charge in [-0.25, -0.2) is 4.98 Å². The Bertz CT molecular complexity index is 916. The number of benzene rings is 2. The van der Waals surface area contributed by atoms with Crippen molar-refractivity contribution < 1.29 is 9.53 Å². The van der Waals surface area contributed by atoms with E-state index in [2.05, 4.69) is 16.0 Å². The number of fused-ring (bicyclic) bond motifs is 1. The molecule has 1 unspecified atom stereocenters. The second-order valence-electron chi connectivity index (χ2n) is 7.13. The summed E-state index contributed by atoms with van der Waals surface area (Å²) < 4.78 is 8.03. The van der Waals surface area contributed by atoms with Crippen molar-refractivity contribution in [2.75, 3.05) is 6.61 Å². The summed E-state index contributed by atoms with van der Waals surface area (Å²) in [6.45, 7) is 3.45. The number of carbonyl (C=O) groups excluding carboxylic acids is 1. The van der Waals surface area contributed by atoms with Crippen LogP contribution in [-0.4, -0.2) is 22.1 Å². The lowest BCUT2D eigenvalue weighted by Gasteiger charge is -2.16. The van der Waals surface area contributed by atoms with Gasteiger partial charge in [0, 0.05) is 12.5 Å². The molecule has 5 heteroatoms. The number of aromatic nitrogens is 2. The van der Waals surface area contributed by atoms with E-state index in [4.69, 9.17) is 9.72 Å². The van der Waals surface area contributed by atoms with Crippen LogP contribution in [0.4, 0.5) is 0 Å². The van der Waals surface area contributed by atoms with Crippen LogP contribution >= 0.6 is 0 Å². The zero-order valence-corrected chi connectivity index (χ0v) is 15.6. The molecular weight excluding hydrogens is 338 g/mol. The molecule has 3 aromatic rings. The number of amides is 1. The summed E-state index contributed by atoms with van der Waals surface area (Å²) in [5.74, 6) is 2.14. The van der Waals surface area contributed by atoms with Crippen LogP contribution in [0.5, 0.6) is 5.75 Å². The first-order chi connectivity index (χ1) is 13.2. The van der Waals surface area contributed by atoms with Crippen LogP contribution in [-0.2, 0) is 11.3 Å². The van der Waals surface area contributed by atoms with Gasteiger partial charge in [-0.1, -0.05) is 30.3 Å². The Balaban J connectivity index is 1.46. The summed E-state index contributed by atoms with van der Waals surface area (Å²) in [7, 11) is 0. The van der Waals surface area contributed by atoms with Crippen LogP contribution in [0.2, 0.25) is 0 Å². The van der Waals surface area contributed by atoms with Gasteiger partial charge < -0.3 is 14.6 Å². The third kappa shape index (κ3) is 4.13. The van der Waals surface area contributed by atoms with Crippen molar-refractivity contribution in [3.8, 4) is 5.75 Å². The Morgan fingerprint density at radius 2 is 1.93 bits per heavy atom. The van der Waals surface area contributed by atoms with Gasteiger partial charge in [-0.05, 0) is 50.5 Å². The van der Waals surface area contributed by atoms with Crippen molar-refractivity contribution in [1.29, 1.82) is 0 Å². The molecule has 0 aliphatic heterocycles. The van der Waals surface area contributed by atoms with E-state index in [9.17, 15) is 4.79 Å². The summed E-state index contributed by atoms with van der Waals surface area (Å²) in [5, 5.41) is 3.12. The lowest BCUT2D eigenvalue weighted by molar-refractivity contribution is -0.123. The zero-order valence-electron chi connectivity index (χ0n) is 15.6. The molecule has 1 atom stereocenters. The number of hydrogen-bond acceptors (Lipinski definition) is 3. The SMILES string of the molecule is CC(NC(=O)C1CC1)c1nc2ccccc2n1CCCOc1ccccc1. The Kier molecular flexibility index (Phi) is 5.10. The Morgan fingerprint density at radius 1 is 1.19 bits per heavy atom. The maximum absolute atomic E-state index is 12.2. The second-order valence-corrected chi connectivity index (χ2v) is 7.13. The van der Waals surface area contributed by atoms with E-state index >= 15 is 0 Å². The van der Waals surface area contributed by atoms with E-state index in [-0.39, 0.29) is 17.9 Å². The first kappa shape index (κ1) is 17.6. The fourth-order valence-electron chi connectivity index (χ4n) is 3.33. The lowest BCUT2D eigenvalue weighted by Crippen LogP contribution is -2.30. The normalized spacial score (nSPS) is 14.9. The van der Waals surface area contributed by atoms with Crippen molar-refractivity contribution in [3.63, 3.8) is 0 Å². The van der Waals surface area contributed by atoms with Crippen LogP contribution in [0, 0.1) is 5.92 Å². The summed E-state index contributed by atoms with van der Waals surface area (Å²) >= 11 is 0. The number of imidazole rings is 1. The molecule has 1 amide bonds. The number of hydrogen-bond donors (Lipinski definition) is 1. The molecule has 0 bridgehead atoms. The maximum Gasteiger partial charge on any atom is 0.223 e. The first-order valence-electron chi connectivity index (χ1n) is 9.66. The number of aryl methyl sites for hydroxylation is 1. The van der Waals surface area contributed by atoms with Gasteiger partial charge in [0.1, 0.15) is 11.6 Å². The number of nitrogens with one attached hydrogen (secondary N) is 1. The first-order valence-corrected chi connectivity index (χ1v) is 9.66.